The number of carbonyl (C=O) groups is 2. The van der Waals surface area contributed by atoms with E-state index in [9.17, 15) is 27.7 Å². The van der Waals surface area contributed by atoms with Gasteiger partial charge in [0.2, 0.25) is 5.43 Å². The van der Waals surface area contributed by atoms with Crippen LogP contribution in [0.2, 0.25) is 0 Å². The Hall–Kier alpha value is -2.88. The van der Waals surface area contributed by atoms with Crippen LogP contribution in [-0.4, -0.2) is 56.0 Å². The second kappa shape index (κ2) is 11.2. The standard InChI is InChI=1S/C25H31F2N2O7P/c1-6-36-37(5,33)10-9-25(2)19(34-3)14-29-13-17(21(30)22(35-4)20(29)23(25)31)24(32)28-12-15-7-8-16(26)11-18(15)27/h7-8,11,13,19H,6,9-10,12,14H2,1-5H3,(H,28,32). The molecule has 1 N–H and O–H groups in total. The molecule has 0 radical (unpaired) electrons. The van der Waals surface area contributed by atoms with Gasteiger partial charge in [-0.25, -0.2) is 8.78 Å². The molecule has 0 saturated heterocycles. The molecule has 1 amide bonds. The first kappa shape index (κ1) is 28.7. The van der Waals surface area contributed by atoms with Crippen LogP contribution in [0.1, 0.15) is 46.7 Å². The van der Waals surface area contributed by atoms with Crippen LogP contribution in [0.15, 0.2) is 29.2 Å². The van der Waals surface area contributed by atoms with E-state index in [-0.39, 0.29) is 54.8 Å². The van der Waals surface area contributed by atoms with Crippen molar-refractivity contribution in [1.82, 2.24) is 9.88 Å². The number of aromatic nitrogens is 1. The van der Waals surface area contributed by atoms with Crippen LogP contribution in [0, 0.1) is 17.0 Å². The van der Waals surface area contributed by atoms with Crippen molar-refractivity contribution in [2.24, 2.45) is 5.41 Å². The van der Waals surface area contributed by atoms with Crippen LogP contribution in [-0.2, 0) is 26.9 Å². The van der Waals surface area contributed by atoms with E-state index < -0.39 is 47.6 Å². The number of rotatable bonds is 10. The van der Waals surface area contributed by atoms with Crippen LogP contribution in [0.5, 0.6) is 5.75 Å². The normalized spacial score (nSPS) is 20.7. The molecule has 0 saturated carbocycles. The van der Waals surface area contributed by atoms with Gasteiger partial charge in [-0.05, 0) is 26.3 Å². The molecule has 3 atom stereocenters. The van der Waals surface area contributed by atoms with Gasteiger partial charge in [-0.2, -0.15) is 0 Å². The number of methoxy groups -OCH3 is 2. The molecule has 2 heterocycles. The molecule has 0 fully saturated rings. The van der Waals surface area contributed by atoms with Gasteiger partial charge in [-0.15, -0.1) is 0 Å². The van der Waals surface area contributed by atoms with E-state index in [2.05, 4.69) is 5.32 Å². The number of nitrogens with one attached hydrogen (secondary N) is 1. The van der Waals surface area contributed by atoms with E-state index in [4.69, 9.17) is 14.0 Å². The Kier molecular flexibility index (Phi) is 8.72. The highest BCUT2D eigenvalue weighted by Gasteiger charge is 2.49. The predicted octanol–water partition coefficient (Wildman–Crippen LogP) is 3.62. The van der Waals surface area contributed by atoms with Crippen molar-refractivity contribution in [1.29, 1.82) is 0 Å². The number of pyridine rings is 1. The van der Waals surface area contributed by atoms with Crippen LogP contribution in [0.25, 0.3) is 0 Å². The molecular weight excluding hydrogens is 509 g/mol. The highest BCUT2D eigenvalue weighted by Crippen LogP contribution is 2.48. The molecule has 3 unspecified atom stereocenters. The number of hydrogen-bond donors (Lipinski definition) is 1. The van der Waals surface area contributed by atoms with Crippen molar-refractivity contribution in [3.8, 4) is 5.75 Å². The zero-order valence-electron chi connectivity index (χ0n) is 21.4. The number of amides is 1. The summed E-state index contributed by atoms with van der Waals surface area (Å²) in [5.41, 5.74) is -2.25. The largest absolute Gasteiger partial charge is 0.491 e. The minimum Gasteiger partial charge on any atom is -0.491 e. The smallest absolute Gasteiger partial charge is 0.257 e. The Balaban J connectivity index is 1.96. The van der Waals surface area contributed by atoms with Crippen LogP contribution < -0.4 is 15.5 Å². The number of Topliss-reactive ketones (excluding diaryl/α,β-unsaturated/α-hetero) is 1. The second-order valence-electron chi connectivity index (χ2n) is 9.20. The highest BCUT2D eigenvalue weighted by atomic mass is 31.2. The van der Waals surface area contributed by atoms with E-state index in [1.807, 2.05) is 0 Å². The van der Waals surface area contributed by atoms with Gasteiger partial charge in [-0.3, -0.25) is 18.9 Å². The first-order chi connectivity index (χ1) is 17.4. The van der Waals surface area contributed by atoms with Gasteiger partial charge in [0, 0.05) is 44.3 Å². The van der Waals surface area contributed by atoms with E-state index in [1.165, 1.54) is 37.7 Å². The lowest BCUT2D eigenvalue weighted by Crippen LogP contribution is -2.50. The fourth-order valence-electron chi connectivity index (χ4n) is 4.48. The van der Waals surface area contributed by atoms with Gasteiger partial charge < -0.3 is 23.9 Å². The number of hydrogen-bond acceptors (Lipinski definition) is 7. The molecule has 1 aliphatic heterocycles. The first-order valence-corrected chi connectivity index (χ1v) is 14.0. The Bertz CT molecular complexity index is 1310. The van der Waals surface area contributed by atoms with Crippen molar-refractivity contribution in [3.05, 3.63) is 63.1 Å². The molecule has 1 aliphatic rings. The predicted molar refractivity (Wildman–Crippen MR) is 133 cm³/mol. The number of carbonyl (C=O) groups excluding carboxylic acids is 2. The number of ketones is 1. The van der Waals surface area contributed by atoms with Gasteiger partial charge in [0.15, 0.2) is 18.9 Å². The van der Waals surface area contributed by atoms with Crippen molar-refractivity contribution in [2.75, 3.05) is 33.7 Å². The summed E-state index contributed by atoms with van der Waals surface area (Å²) in [4.78, 5) is 39.8. The summed E-state index contributed by atoms with van der Waals surface area (Å²) in [7, 11) is -0.284. The highest BCUT2D eigenvalue weighted by molar-refractivity contribution is 7.58. The fourth-order valence-corrected chi connectivity index (χ4v) is 6.03. The molecule has 0 spiro atoms. The van der Waals surface area contributed by atoms with Gasteiger partial charge in [0.25, 0.3) is 5.91 Å². The lowest BCUT2D eigenvalue weighted by molar-refractivity contribution is -0.0162. The second-order valence-corrected chi connectivity index (χ2v) is 11.9. The molecule has 3 rings (SSSR count). The third kappa shape index (κ3) is 5.84. The van der Waals surface area contributed by atoms with E-state index in [0.717, 1.165) is 6.07 Å². The zero-order valence-corrected chi connectivity index (χ0v) is 22.3. The summed E-state index contributed by atoms with van der Waals surface area (Å²) in [5.74, 6) is -3.17. The Morgan fingerprint density at radius 1 is 1.27 bits per heavy atom. The lowest BCUT2D eigenvalue weighted by Gasteiger charge is -2.41. The molecule has 202 valence electrons. The van der Waals surface area contributed by atoms with Gasteiger partial charge >= 0.3 is 0 Å². The average molecular weight is 541 g/mol. The van der Waals surface area contributed by atoms with E-state index in [1.54, 1.807) is 13.8 Å². The van der Waals surface area contributed by atoms with E-state index in [0.29, 0.717) is 6.07 Å². The molecule has 0 aliphatic carbocycles. The lowest BCUT2D eigenvalue weighted by atomic mass is 9.73. The monoisotopic (exact) mass is 540 g/mol. The quantitative estimate of drug-likeness (QED) is 0.458. The maximum atomic E-state index is 13.9. The van der Waals surface area contributed by atoms with Gasteiger partial charge in [0.05, 0.1) is 31.8 Å². The molecule has 0 bridgehead atoms. The molecule has 12 heteroatoms. The van der Waals surface area contributed by atoms with Crippen LogP contribution >= 0.6 is 7.37 Å². The molecule has 2 aromatic rings. The summed E-state index contributed by atoms with van der Waals surface area (Å²) in [6, 6.07) is 2.94. The summed E-state index contributed by atoms with van der Waals surface area (Å²) in [5, 5.41) is 2.44. The third-order valence-electron chi connectivity index (χ3n) is 6.67. The summed E-state index contributed by atoms with van der Waals surface area (Å²) >= 11 is 0. The number of fused-ring (bicyclic) bond motifs is 1. The minimum atomic E-state index is -2.95. The molecule has 1 aromatic carbocycles. The van der Waals surface area contributed by atoms with Crippen molar-refractivity contribution in [2.45, 2.75) is 39.5 Å². The maximum Gasteiger partial charge on any atom is 0.257 e. The zero-order chi connectivity index (χ0) is 27.5. The Labute approximate surface area is 213 Å². The van der Waals surface area contributed by atoms with Gasteiger partial charge in [-0.1, -0.05) is 6.07 Å². The Morgan fingerprint density at radius 2 is 1.97 bits per heavy atom. The average Bonchev–Trinajstić information content (AvgIpc) is 2.84. The fraction of sp³-hybridized carbons (Fsp3) is 0.480. The number of benzene rings is 1. The van der Waals surface area contributed by atoms with Crippen molar-refractivity contribution in [3.63, 3.8) is 0 Å². The molecule has 9 nitrogen and oxygen atoms in total. The van der Waals surface area contributed by atoms with Gasteiger partial charge in [0.1, 0.15) is 22.9 Å². The third-order valence-corrected chi connectivity index (χ3v) is 8.51. The summed E-state index contributed by atoms with van der Waals surface area (Å²) < 4.78 is 57.5. The van der Waals surface area contributed by atoms with E-state index >= 15 is 0 Å². The Morgan fingerprint density at radius 3 is 2.57 bits per heavy atom. The SMILES string of the molecule is CCOP(C)(=O)CCC1(C)C(=O)c2c(OC)c(=O)c(C(=O)NCc3ccc(F)cc3F)cn2CC1OC. The maximum absolute atomic E-state index is 13.9. The van der Waals surface area contributed by atoms with Crippen LogP contribution in [0.3, 0.4) is 0 Å². The number of halogens is 2. The first-order valence-electron chi connectivity index (χ1n) is 11.7. The van der Waals surface area contributed by atoms with Crippen molar-refractivity contribution >= 4 is 19.1 Å². The van der Waals surface area contributed by atoms with Crippen molar-refractivity contribution < 1.29 is 36.9 Å². The molecule has 37 heavy (non-hydrogen) atoms. The summed E-state index contributed by atoms with van der Waals surface area (Å²) in [6.45, 7) is 5.02. The number of ether oxygens (including phenoxy) is 2. The minimum absolute atomic E-state index is 0.0215. The molecular formula is C25H31F2N2O7P. The topological polar surface area (TPSA) is 113 Å². The summed E-state index contributed by atoms with van der Waals surface area (Å²) in [6.07, 6.45) is 0.896. The number of nitrogens with zero attached hydrogens (tertiary/aromatic N) is 1. The molecule has 1 aromatic heterocycles. The van der Waals surface area contributed by atoms with Crippen LogP contribution in [0.4, 0.5) is 8.78 Å².